The molecule has 0 unspecified atom stereocenters. The lowest BCUT2D eigenvalue weighted by Gasteiger charge is -2.11. The minimum Gasteiger partial charge on any atom is -0.385 e. The average Bonchev–Trinajstić information content (AvgIpc) is 2.60. The van der Waals surface area contributed by atoms with Crippen molar-refractivity contribution in [3.8, 4) is 0 Å². The van der Waals surface area contributed by atoms with Gasteiger partial charge in [0.2, 0.25) is 11.9 Å². The molecule has 1 aliphatic heterocycles. The molecule has 1 aliphatic carbocycles. The molecule has 0 amide bonds. The van der Waals surface area contributed by atoms with Crippen LogP contribution >= 0.6 is 0 Å². The molecule has 2 aliphatic rings. The van der Waals surface area contributed by atoms with Crippen LogP contribution in [0.4, 0.5) is 22.0 Å². The molecule has 0 fully saturated rings. The Morgan fingerprint density at radius 2 is 1.88 bits per heavy atom. The molecule has 16 heavy (non-hydrogen) atoms. The summed E-state index contributed by atoms with van der Waals surface area (Å²) in [7, 11) is 0. The average molecular weight is 241 g/mol. The number of rotatable bonds is 0. The van der Waals surface area contributed by atoms with Gasteiger partial charge in [-0.3, -0.25) is 0 Å². The third-order valence-corrected chi connectivity index (χ3v) is 2.44. The van der Waals surface area contributed by atoms with Gasteiger partial charge >= 0.3 is 6.18 Å². The van der Waals surface area contributed by atoms with Crippen LogP contribution < -0.4 is 0 Å². The third kappa shape index (κ3) is 1.29. The largest absolute Gasteiger partial charge is 0.439 e. The second-order valence-corrected chi connectivity index (χ2v) is 3.44. The van der Waals surface area contributed by atoms with E-state index >= 15 is 0 Å². The van der Waals surface area contributed by atoms with Crippen LogP contribution in [0.25, 0.3) is 0 Å². The summed E-state index contributed by atoms with van der Waals surface area (Å²) >= 11 is 0. The molecule has 0 saturated carbocycles. The molecule has 88 valence electrons. The highest BCUT2D eigenvalue weighted by atomic mass is 19.4. The van der Waals surface area contributed by atoms with Gasteiger partial charge in [0.05, 0.1) is 5.57 Å². The Balaban J connectivity index is 2.52. The Morgan fingerprint density at radius 3 is 2.38 bits per heavy atom. The van der Waals surface area contributed by atoms with Crippen molar-refractivity contribution >= 4 is 12.4 Å². The smallest absolute Gasteiger partial charge is 0.385 e. The van der Waals surface area contributed by atoms with Gasteiger partial charge in [-0.25, -0.2) is 8.78 Å². The summed E-state index contributed by atoms with van der Waals surface area (Å²) in [6.45, 7) is 3.03. The molecule has 2 rings (SSSR count). The zero-order valence-electron chi connectivity index (χ0n) is 7.67. The van der Waals surface area contributed by atoms with Crippen molar-refractivity contribution in [1.82, 2.24) is 0 Å². The molecule has 0 aromatic heterocycles. The standard InChI is InChI=1S/C8H6F5N2O/c1-15-5-2(6(16)4(10)3(5)9)7(14-15)8(11,12)13/h3-4,6,16H,1H2/q+1/t3-,4+,6-/m0/s1. The lowest BCUT2D eigenvalue weighted by molar-refractivity contribution is -0.477. The fraction of sp³-hybridized carbons (Fsp3) is 0.500. The van der Waals surface area contributed by atoms with Crippen molar-refractivity contribution in [2.75, 3.05) is 0 Å². The van der Waals surface area contributed by atoms with E-state index in [1.54, 1.807) is 0 Å². The van der Waals surface area contributed by atoms with Crippen molar-refractivity contribution in [1.29, 1.82) is 0 Å². The van der Waals surface area contributed by atoms with Crippen LogP contribution in [-0.2, 0) is 0 Å². The lowest BCUT2D eigenvalue weighted by atomic mass is 10.1. The van der Waals surface area contributed by atoms with Gasteiger partial charge in [-0.2, -0.15) is 13.2 Å². The highest BCUT2D eigenvalue weighted by molar-refractivity contribution is 6.06. The minimum atomic E-state index is -4.88. The van der Waals surface area contributed by atoms with Crippen LogP contribution in [0.1, 0.15) is 0 Å². The first-order chi connectivity index (χ1) is 7.25. The molecule has 0 saturated heterocycles. The maximum absolute atomic E-state index is 13.2. The number of hydrogen-bond donors (Lipinski definition) is 1. The van der Waals surface area contributed by atoms with Gasteiger partial charge in [0.15, 0.2) is 12.9 Å². The van der Waals surface area contributed by atoms with Gasteiger partial charge < -0.3 is 5.11 Å². The molecule has 3 nitrogen and oxygen atoms in total. The van der Waals surface area contributed by atoms with Crippen LogP contribution in [0.15, 0.2) is 16.4 Å². The first kappa shape index (κ1) is 11.2. The first-order valence-corrected chi connectivity index (χ1v) is 4.22. The molecule has 0 aromatic rings. The number of allylic oxidation sites excluding steroid dienone is 1. The lowest BCUT2D eigenvalue weighted by Crippen LogP contribution is -2.33. The Labute approximate surface area is 86.2 Å². The molecule has 1 heterocycles. The summed E-state index contributed by atoms with van der Waals surface area (Å²) in [5.41, 5.74) is -3.01. The number of aliphatic hydroxyl groups is 1. The number of nitrogens with zero attached hydrogens (tertiary/aromatic N) is 2. The summed E-state index contributed by atoms with van der Waals surface area (Å²) in [6, 6.07) is 0. The summed E-state index contributed by atoms with van der Waals surface area (Å²) in [5.74, 6) is 0. The van der Waals surface area contributed by atoms with Gasteiger partial charge in [-0.1, -0.05) is 4.68 Å². The van der Waals surface area contributed by atoms with Gasteiger partial charge in [-0.05, 0) is 0 Å². The normalized spacial score (nSPS) is 34.5. The van der Waals surface area contributed by atoms with Crippen LogP contribution in [0.2, 0.25) is 0 Å². The zero-order chi connectivity index (χ0) is 12.2. The van der Waals surface area contributed by atoms with Crippen LogP contribution in [0, 0.1) is 0 Å². The summed E-state index contributed by atoms with van der Waals surface area (Å²) in [4.78, 5) is 0. The van der Waals surface area contributed by atoms with E-state index in [2.05, 4.69) is 11.8 Å². The van der Waals surface area contributed by atoms with Gasteiger partial charge in [0, 0.05) is 5.10 Å². The summed E-state index contributed by atoms with van der Waals surface area (Å²) in [5, 5.41) is 12.1. The monoisotopic (exact) mass is 241 g/mol. The Hall–Kier alpha value is -1.31. The second-order valence-electron chi connectivity index (χ2n) is 3.44. The predicted octanol–water partition coefficient (Wildman–Crippen LogP) is 0.936. The van der Waals surface area contributed by atoms with Crippen molar-refractivity contribution in [2.24, 2.45) is 5.10 Å². The Kier molecular flexibility index (Phi) is 2.16. The number of hydrogen-bond acceptors (Lipinski definition) is 2. The van der Waals surface area contributed by atoms with E-state index in [4.69, 9.17) is 0 Å². The molecule has 0 bridgehead atoms. The fourth-order valence-corrected chi connectivity index (χ4v) is 1.75. The minimum absolute atomic E-state index is 0.367. The number of halogens is 5. The van der Waals surface area contributed by atoms with Gasteiger partial charge in [0.1, 0.15) is 6.10 Å². The molecular formula is C8H6F5N2O+. The zero-order valence-corrected chi connectivity index (χ0v) is 7.67. The van der Waals surface area contributed by atoms with Crippen LogP contribution in [-0.4, -0.2) is 46.8 Å². The topological polar surface area (TPSA) is 35.6 Å². The maximum Gasteiger partial charge on any atom is 0.439 e. The van der Waals surface area contributed by atoms with Crippen molar-refractivity contribution in [2.45, 2.75) is 24.6 Å². The molecule has 0 spiro atoms. The van der Waals surface area contributed by atoms with E-state index in [0.29, 0.717) is 4.68 Å². The summed E-state index contributed by atoms with van der Waals surface area (Å²) in [6.07, 6.45) is -11.8. The van der Waals surface area contributed by atoms with Crippen LogP contribution in [0.3, 0.4) is 0 Å². The van der Waals surface area contributed by atoms with Crippen molar-refractivity contribution < 1.29 is 31.7 Å². The van der Waals surface area contributed by atoms with E-state index in [0.717, 1.165) is 0 Å². The second kappa shape index (κ2) is 3.09. The molecule has 3 atom stereocenters. The van der Waals surface area contributed by atoms with Crippen LogP contribution in [0.5, 0.6) is 0 Å². The molecular weight excluding hydrogens is 235 g/mol. The highest BCUT2D eigenvalue weighted by Crippen LogP contribution is 2.40. The molecule has 0 radical (unpaired) electrons. The van der Waals surface area contributed by atoms with Gasteiger partial charge in [0.25, 0.3) is 5.70 Å². The number of hydrazone groups is 1. The predicted molar refractivity (Wildman–Crippen MR) is 43.7 cm³/mol. The Bertz CT molecular complexity index is 425. The molecule has 0 aromatic carbocycles. The van der Waals surface area contributed by atoms with Crippen molar-refractivity contribution in [3.63, 3.8) is 0 Å². The highest BCUT2D eigenvalue weighted by Gasteiger charge is 2.59. The maximum atomic E-state index is 13.2. The first-order valence-electron chi connectivity index (χ1n) is 4.22. The van der Waals surface area contributed by atoms with E-state index < -0.39 is 41.6 Å². The fourth-order valence-electron chi connectivity index (χ4n) is 1.75. The van der Waals surface area contributed by atoms with E-state index in [9.17, 15) is 27.1 Å². The Morgan fingerprint density at radius 1 is 1.31 bits per heavy atom. The van der Waals surface area contributed by atoms with Crippen molar-refractivity contribution in [3.05, 3.63) is 11.3 Å². The third-order valence-electron chi connectivity index (χ3n) is 2.44. The van der Waals surface area contributed by atoms with E-state index in [-0.39, 0.29) is 0 Å². The molecule has 1 N–H and O–H groups in total. The van der Waals surface area contributed by atoms with E-state index in [1.165, 1.54) is 0 Å². The SMILES string of the molecule is C=[N+]1N=C(C(F)(F)F)C2=C1[C@@H](F)[C@@H](F)[C@H]2O. The number of alkyl halides is 5. The van der Waals surface area contributed by atoms with E-state index in [1.807, 2.05) is 0 Å². The number of aliphatic hydroxyl groups excluding tert-OH is 1. The summed E-state index contributed by atoms with van der Waals surface area (Å²) < 4.78 is 63.9. The van der Waals surface area contributed by atoms with Gasteiger partial charge in [-0.15, -0.1) is 0 Å². The molecule has 8 heteroatoms. The quantitative estimate of drug-likeness (QED) is 0.497.